The molecule has 0 aliphatic carbocycles. The van der Waals surface area contributed by atoms with E-state index in [4.69, 9.17) is 10.9 Å². The van der Waals surface area contributed by atoms with Crippen LogP contribution in [0.4, 0.5) is 10.5 Å². The van der Waals surface area contributed by atoms with E-state index in [2.05, 4.69) is 10.5 Å². The van der Waals surface area contributed by atoms with Gasteiger partial charge in [0.1, 0.15) is 5.84 Å². The summed E-state index contributed by atoms with van der Waals surface area (Å²) in [5, 5.41) is 14.3. The van der Waals surface area contributed by atoms with Crippen LogP contribution in [0.3, 0.4) is 0 Å². The Morgan fingerprint density at radius 1 is 1.47 bits per heavy atom. The molecule has 0 heterocycles. The zero-order valence-electron chi connectivity index (χ0n) is 11.4. The lowest BCUT2D eigenvalue weighted by Crippen LogP contribution is -2.38. The minimum absolute atomic E-state index is 0.106. The number of amidine groups is 1. The SMILES string of the molecule is Cc1ccc(NC(=O)N(C)CC(C)C(N)=NO)cc1. The third-order valence-electron chi connectivity index (χ3n) is 2.82. The molecule has 1 rings (SSSR count). The summed E-state index contributed by atoms with van der Waals surface area (Å²) in [6, 6.07) is 7.30. The summed E-state index contributed by atoms with van der Waals surface area (Å²) >= 11 is 0. The van der Waals surface area contributed by atoms with Crippen molar-refractivity contribution >= 4 is 17.6 Å². The quantitative estimate of drug-likeness (QED) is 0.335. The zero-order valence-corrected chi connectivity index (χ0v) is 11.4. The Balaban J connectivity index is 2.55. The summed E-state index contributed by atoms with van der Waals surface area (Å²) in [6.07, 6.45) is 0. The first-order chi connectivity index (χ1) is 8.93. The highest BCUT2D eigenvalue weighted by Gasteiger charge is 2.15. The van der Waals surface area contributed by atoms with Crippen LogP contribution in [0.1, 0.15) is 12.5 Å². The highest BCUT2D eigenvalue weighted by molar-refractivity contribution is 5.90. The molecule has 0 radical (unpaired) electrons. The fourth-order valence-corrected chi connectivity index (χ4v) is 1.54. The van der Waals surface area contributed by atoms with E-state index in [0.29, 0.717) is 6.54 Å². The van der Waals surface area contributed by atoms with Gasteiger partial charge >= 0.3 is 6.03 Å². The van der Waals surface area contributed by atoms with Gasteiger partial charge in [0.25, 0.3) is 0 Å². The Bertz CT molecular complexity index is 456. The number of anilines is 1. The molecule has 0 spiro atoms. The number of oxime groups is 1. The Morgan fingerprint density at radius 2 is 2.05 bits per heavy atom. The lowest BCUT2D eigenvalue weighted by Gasteiger charge is -2.21. The number of carbonyl (C=O) groups is 1. The van der Waals surface area contributed by atoms with Crippen molar-refractivity contribution in [3.05, 3.63) is 29.8 Å². The van der Waals surface area contributed by atoms with Crippen molar-refractivity contribution in [1.29, 1.82) is 0 Å². The Kier molecular flexibility index (Phi) is 5.17. The van der Waals surface area contributed by atoms with Crippen molar-refractivity contribution < 1.29 is 10.0 Å². The summed E-state index contributed by atoms with van der Waals surface area (Å²) < 4.78 is 0. The Labute approximate surface area is 112 Å². The van der Waals surface area contributed by atoms with Crippen molar-refractivity contribution in [1.82, 2.24) is 4.90 Å². The summed E-state index contributed by atoms with van der Waals surface area (Å²) in [5.74, 6) is -0.103. The fraction of sp³-hybridized carbons (Fsp3) is 0.385. The number of nitrogens with zero attached hydrogens (tertiary/aromatic N) is 2. The third kappa shape index (κ3) is 4.50. The van der Waals surface area contributed by atoms with Gasteiger partial charge in [0.05, 0.1) is 0 Å². The molecule has 0 saturated carbocycles. The molecule has 104 valence electrons. The highest BCUT2D eigenvalue weighted by atomic mass is 16.4. The normalized spacial score (nSPS) is 12.9. The highest BCUT2D eigenvalue weighted by Crippen LogP contribution is 2.09. The summed E-state index contributed by atoms with van der Waals surface area (Å²) in [5.41, 5.74) is 7.34. The molecule has 0 saturated heterocycles. The molecule has 1 atom stereocenters. The van der Waals surface area contributed by atoms with Crippen LogP contribution in [-0.2, 0) is 0 Å². The van der Waals surface area contributed by atoms with Crippen LogP contribution in [0.2, 0.25) is 0 Å². The molecule has 0 fully saturated rings. The van der Waals surface area contributed by atoms with Gasteiger partial charge in [0, 0.05) is 25.2 Å². The van der Waals surface area contributed by atoms with Crippen molar-refractivity contribution in [2.75, 3.05) is 18.9 Å². The minimum Gasteiger partial charge on any atom is -0.409 e. The predicted molar refractivity (Wildman–Crippen MR) is 75.4 cm³/mol. The van der Waals surface area contributed by atoms with Crippen molar-refractivity contribution in [3.63, 3.8) is 0 Å². The molecule has 0 bridgehead atoms. The molecule has 2 amide bonds. The van der Waals surface area contributed by atoms with Crippen LogP contribution >= 0.6 is 0 Å². The van der Waals surface area contributed by atoms with Gasteiger partial charge in [-0.25, -0.2) is 4.79 Å². The van der Waals surface area contributed by atoms with E-state index in [0.717, 1.165) is 11.3 Å². The number of amides is 2. The second-order valence-electron chi connectivity index (χ2n) is 4.60. The summed E-state index contributed by atoms with van der Waals surface area (Å²) in [6.45, 7) is 4.13. The van der Waals surface area contributed by atoms with Crippen LogP contribution in [-0.4, -0.2) is 35.6 Å². The largest absolute Gasteiger partial charge is 0.409 e. The maximum atomic E-state index is 11.9. The average Bonchev–Trinajstić information content (AvgIpc) is 2.40. The number of aryl methyl sites for hydroxylation is 1. The van der Waals surface area contributed by atoms with Gasteiger partial charge < -0.3 is 21.2 Å². The molecule has 6 nitrogen and oxygen atoms in total. The van der Waals surface area contributed by atoms with E-state index in [9.17, 15) is 4.79 Å². The lowest BCUT2D eigenvalue weighted by atomic mass is 10.1. The molecule has 19 heavy (non-hydrogen) atoms. The molecule has 1 aromatic carbocycles. The maximum absolute atomic E-state index is 11.9. The number of hydrogen-bond donors (Lipinski definition) is 3. The molecule has 0 aliphatic heterocycles. The molecule has 1 unspecified atom stereocenters. The molecule has 0 aromatic heterocycles. The van der Waals surface area contributed by atoms with Crippen molar-refractivity contribution in [2.24, 2.45) is 16.8 Å². The van der Waals surface area contributed by atoms with E-state index in [1.54, 1.807) is 14.0 Å². The van der Waals surface area contributed by atoms with Gasteiger partial charge in [-0.15, -0.1) is 0 Å². The first kappa shape index (κ1) is 14.8. The zero-order chi connectivity index (χ0) is 14.4. The number of nitrogens with one attached hydrogen (secondary N) is 1. The average molecular weight is 264 g/mol. The molecule has 0 aliphatic rings. The summed E-state index contributed by atoms with van der Waals surface area (Å²) in [4.78, 5) is 13.4. The second kappa shape index (κ2) is 6.63. The van der Waals surface area contributed by atoms with Crippen LogP contribution in [0, 0.1) is 12.8 Å². The van der Waals surface area contributed by atoms with E-state index in [1.165, 1.54) is 4.90 Å². The van der Waals surface area contributed by atoms with Crippen LogP contribution in [0.15, 0.2) is 29.4 Å². The van der Waals surface area contributed by atoms with Gasteiger partial charge in [-0.2, -0.15) is 0 Å². The number of urea groups is 1. The van der Waals surface area contributed by atoms with E-state index in [-0.39, 0.29) is 17.8 Å². The number of nitrogens with two attached hydrogens (primary N) is 1. The molecule has 1 aromatic rings. The van der Waals surface area contributed by atoms with Crippen LogP contribution in [0.25, 0.3) is 0 Å². The van der Waals surface area contributed by atoms with Gasteiger partial charge in [-0.3, -0.25) is 0 Å². The topological polar surface area (TPSA) is 91.0 Å². The lowest BCUT2D eigenvalue weighted by molar-refractivity contribution is 0.219. The third-order valence-corrected chi connectivity index (χ3v) is 2.82. The van der Waals surface area contributed by atoms with Crippen molar-refractivity contribution in [3.8, 4) is 0 Å². The standard InChI is InChI=1S/C13H20N4O2/c1-9-4-6-11(7-5-9)15-13(18)17(3)8-10(2)12(14)16-19/h4-7,10,19H,8H2,1-3H3,(H2,14,16)(H,15,18). The second-order valence-corrected chi connectivity index (χ2v) is 4.60. The van der Waals surface area contributed by atoms with Crippen LogP contribution < -0.4 is 11.1 Å². The van der Waals surface area contributed by atoms with Crippen LogP contribution in [0.5, 0.6) is 0 Å². The predicted octanol–water partition coefficient (Wildman–Crippen LogP) is 1.84. The van der Waals surface area contributed by atoms with Crippen molar-refractivity contribution in [2.45, 2.75) is 13.8 Å². The Hall–Kier alpha value is -2.24. The molecular weight excluding hydrogens is 244 g/mol. The smallest absolute Gasteiger partial charge is 0.321 e. The van der Waals surface area contributed by atoms with E-state index in [1.807, 2.05) is 31.2 Å². The maximum Gasteiger partial charge on any atom is 0.321 e. The van der Waals surface area contributed by atoms with E-state index >= 15 is 0 Å². The van der Waals surface area contributed by atoms with Gasteiger partial charge in [0.15, 0.2) is 0 Å². The fourth-order valence-electron chi connectivity index (χ4n) is 1.54. The number of carbonyl (C=O) groups excluding carboxylic acids is 1. The number of rotatable bonds is 4. The monoisotopic (exact) mass is 264 g/mol. The minimum atomic E-state index is -0.235. The van der Waals surface area contributed by atoms with E-state index < -0.39 is 0 Å². The molecule has 4 N–H and O–H groups in total. The van der Waals surface area contributed by atoms with Gasteiger partial charge in [0.2, 0.25) is 0 Å². The first-order valence-electron chi connectivity index (χ1n) is 6.00. The first-order valence-corrected chi connectivity index (χ1v) is 6.00. The van der Waals surface area contributed by atoms with Gasteiger partial charge in [-0.1, -0.05) is 29.8 Å². The van der Waals surface area contributed by atoms with Gasteiger partial charge in [-0.05, 0) is 19.1 Å². The summed E-state index contributed by atoms with van der Waals surface area (Å²) in [7, 11) is 1.66. The Morgan fingerprint density at radius 3 is 2.58 bits per heavy atom. The number of hydrogen-bond acceptors (Lipinski definition) is 3. The number of benzene rings is 1. The molecular formula is C13H20N4O2. The molecule has 6 heteroatoms.